The number of aliphatic hydroxyl groups excluding tert-OH is 1. The van der Waals surface area contributed by atoms with E-state index in [0.29, 0.717) is 25.7 Å². The molecule has 0 spiro atoms. The number of phosphoric acid groups is 2. The second kappa shape index (κ2) is 70.1. The molecule has 0 aliphatic rings. The van der Waals surface area contributed by atoms with Crippen molar-refractivity contribution < 1.29 is 80.2 Å². The highest BCUT2D eigenvalue weighted by atomic mass is 31.2. The third-order valence-corrected chi connectivity index (χ3v) is 19.9. The van der Waals surface area contributed by atoms with Crippen LogP contribution in [0, 0.1) is 5.92 Å². The molecule has 96 heavy (non-hydrogen) atoms. The van der Waals surface area contributed by atoms with Crippen molar-refractivity contribution in [2.24, 2.45) is 5.92 Å². The van der Waals surface area contributed by atoms with E-state index in [0.717, 1.165) is 95.8 Å². The standard InChI is InChI=1S/C77H150O17P2/c1-6-9-12-15-18-21-24-27-29-30-31-32-33-35-38-41-48-53-58-63-77(82)93-72(66-87-74(79)60-55-50-45-39-37-34-28-25-22-19-16-13-10-7-2)68-91-95(83,84)89-64-71(78)65-90-96(85,86)92-69-73(67-88-75(80)61-56-51-46-43-42-44-49-54-59-70(4)5)94-76(81)62-57-52-47-40-36-26-23-20-17-14-11-8-3/h70-73,78H,6-69H2,1-5H3,(H,83,84)(H,85,86)/t71-,72-,73-/m1/s1. The van der Waals surface area contributed by atoms with Gasteiger partial charge in [-0.3, -0.25) is 37.3 Å². The first-order chi connectivity index (χ1) is 46.5. The van der Waals surface area contributed by atoms with Crippen LogP contribution in [-0.2, 0) is 65.4 Å². The molecule has 0 saturated heterocycles. The monoisotopic (exact) mass is 1410 g/mol. The summed E-state index contributed by atoms with van der Waals surface area (Å²) in [7, 11) is -9.91. The molecule has 17 nitrogen and oxygen atoms in total. The summed E-state index contributed by atoms with van der Waals surface area (Å²) in [5.74, 6) is -1.38. The number of hydrogen-bond acceptors (Lipinski definition) is 15. The fourth-order valence-corrected chi connectivity index (χ4v) is 13.5. The molecule has 19 heteroatoms. The molecule has 0 aromatic rings. The molecule has 0 saturated carbocycles. The van der Waals surface area contributed by atoms with Gasteiger partial charge in [0, 0.05) is 25.7 Å². The van der Waals surface area contributed by atoms with Crippen LogP contribution in [0.15, 0.2) is 0 Å². The van der Waals surface area contributed by atoms with E-state index in [2.05, 4.69) is 34.6 Å². The number of carbonyl (C=O) groups is 4. The molecule has 0 radical (unpaired) electrons. The van der Waals surface area contributed by atoms with Gasteiger partial charge >= 0.3 is 39.5 Å². The van der Waals surface area contributed by atoms with Gasteiger partial charge in [0.1, 0.15) is 19.3 Å². The topological polar surface area (TPSA) is 237 Å². The number of aliphatic hydroxyl groups is 1. The lowest BCUT2D eigenvalue weighted by Gasteiger charge is -2.21. The maximum absolute atomic E-state index is 13.1. The maximum Gasteiger partial charge on any atom is 0.472 e. The molecule has 2 unspecified atom stereocenters. The molecule has 570 valence electrons. The fraction of sp³-hybridized carbons (Fsp3) is 0.948. The van der Waals surface area contributed by atoms with Gasteiger partial charge in [-0.15, -0.1) is 0 Å². The van der Waals surface area contributed by atoms with E-state index in [9.17, 15) is 43.2 Å². The molecule has 0 rings (SSSR count). The van der Waals surface area contributed by atoms with Crippen LogP contribution in [0.3, 0.4) is 0 Å². The minimum absolute atomic E-state index is 0.107. The molecule has 0 aliphatic heterocycles. The van der Waals surface area contributed by atoms with Crippen LogP contribution in [0.5, 0.6) is 0 Å². The van der Waals surface area contributed by atoms with Crippen LogP contribution in [0.1, 0.15) is 407 Å². The summed E-state index contributed by atoms with van der Waals surface area (Å²) >= 11 is 0. The van der Waals surface area contributed by atoms with Crippen molar-refractivity contribution in [3.05, 3.63) is 0 Å². The van der Waals surface area contributed by atoms with Crippen LogP contribution in [-0.4, -0.2) is 96.7 Å². The zero-order valence-corrected chi connectivity index (χ0v) is 64.3. The molecule has 5 atom stereocenters. The summed E-state index contributed by atoms with van der Waals surface area (Å²) in [6.45, 7) is 7.27. The molecule has 0 heterocycles. The first-order valence-electron chi connectivity index (χ1n) is 40.1. The van der Waals surface area contributed by atoms with Gasteiger partial charge in [-0.2, -0.15) is 0 Å². The van der Waals surface area contributed by atoms with E-state index >= 15 is 0 Å². The van der Waals surface area contributed by atoms with Gasteiger partial charge in [0.15, 0.2) is 12.2 Å². The van der Waals surface area contributed by atoms with Gasteiger partial charge in [-0.05, 0) is 31.6 Å². The second-order valence-corrected chi connectivity index (χ2v) is 31.1. The Morgan fingerprint density at radius 1 is 0.281 bits per heavy atom. The van der Waals surface area contributed by atoms with E-state index < -0.39 is 97.5 Å². The zero-order chi connectivity index (χ0) is 70.5. The van der Waals surface area contributed by atoms with E-state index in [1.54, 1.807) is 0 Å². The fourth-order valence-electron chi connectivity index (χ4n) is 11.9. The molecular formula is C77H150O17P2. The lowest BCUT2D eigenvalue weighted by atomic mass is 10.0. The Bertz CT molecular complexity index is 1840. The zero-order valence-electron chi connectivity index (χ0n) is 62.5. The van der Waals surface area contributed by atoms with Gasteiger partial charge in [0.2, 0.25) is 0 Å². The van der Waals surface area contributed by atoms with E-state index in [-0.39, 0.29) is 25.7 Å². The van der Waals surface area contributed by atoms with Crippen molar-refractivity contribution in [3.8, 4) is 0 Å². The number of esters is 4. The third kappa shape index (κ3) is 70.5. The summed E-state index contributed by atoms with van der Waals surface area (Å²) in [5, 5.41) is 10.6. The minimum atomic E-state index is -4.96. The average Bonchev–Trinajstić information content (AvgIpc) is 2.64. The summed E-state index contributed by atoms with van der Waals surface area (Å²) in [6, 6.07) is 0. The van der Waals surface area contributed by atoms with Crippen LogP contribution in [0.4, 0.5) is 0 Å². The molecule has 0 fully saturated rings. The Kier molecular flexibility index (Phi) is 68.7. The van der Waals surface area contributed by atoms with Crippen molar-refractivity contribution >= 4 is 39.5 Å². The number of ether oxygens (including phenoxy) is 4. The first-order valence-corrected chi connectivity index (χ1v) is 43.1. The van der Waals surface area contributed by atoms with E-state index in [1.807, 2.05) is 0 Å². The molecular weight excluding hydrogens is 1260 g/mol. The minimum Gasteiger partial charge on any atom is -0.462 e. The highest BCUT2D eigenvalue weighted by Crippen LogP contribution is 2.45. The molecule has 0 aliphatic carbocycles. The highest BCUT2D eigenvalue weighted by molar-refractivity contribution is 7.47. The van der Waals surface area contributed by atoms with E-state index in [1.165, 1.54) is 231 Å². The Morgan fingerprint density at radius 3 is 0.708 bits per heavy atom. The highest BCUT2D eigenvalue weighted by Gasteiger charge is 2.30. The van der Waals surface area contributed by atoms with Crippen LogP contribution < -0.4 is 0 Å². The van der Waals surface area contributed by atoms with Crippen LogP contribution in [0.2, 0.25) is 0 Å². The number of carbonyl (C=O) groups excluding carboxylic acids is 4. The van der Waals surface area contributed by atoms with Crippen molar-refractivity contribution in [3.63, 3.8) is 0 Å². The lowest BCUT2D eigenvalue weighted by molar-refractivity contribution is -0.161. The van der Waals surface area contributed by atoms with Gasteiger partial charge in [-0.1, -0.05) is 356 Å². The van der Waals surface area contributed by atoms with Crippen molar-refractivity contribution in [1.29, 1.82) is 0 Å². The van der Waals surface area contributed by atoms with E-state index in [4.69, 9.17) is 37.0 Å². The predicted molar refractivity (Wildman–Crippen MR) is 391 cm³/mol. The quantitative estimate of drug-likeness (QED) is 0.0222. The summed E-state index contributed by atoms with van der Waals surface area (Å²) in [5.41, 5.74) is 0. The largest absolute Gasteiger partial charge is 0.472 e. The molecule has 0 bridgehead atoms. The van der Waals surface area contributed by atoms with Crippen molar-refractivity contribution in [1.82, 2.24) is 0 Å². The summed E-state index contributed by atoms with van der Waals surface area (Å²) in [4.78, 5) is 72.8. The SMILES string of the molecule is CCCCCCCCCCCCCCCCCCCCCC(=O)O[C@H](COC(=O)CCCCCCCCCCCCCCCC)COP(=O)(O)OC[C@@H](O)COP(=O)(O)OC[C@@H](COC(=O)CCCCCCCCCCC(C)C)OC(=O)CCCCCCCCCCCCCC. The smallest absolute Gasteiger partial charge is 0.462 e. The number of phosphoric ester groups is 2. The van der Waals surface area contributed by atoms with Crippen molar-refractivity contribution in [2.45, 2.75) is 425 Å². The maximum atomic E-state index is 13.1. The molecule has 3 N–H and O–H groups in total. The molecule has 0 amide bonds. The van der Waals surface area contributed by atoms with Crippen LogP contribution >= 0.6 is 15.6 Å². The normalized spacial score (nSPS) is 13.9. The number of rotatable bonds is 77. The third-order valence-electron chi connectivity index (χ3n) is 18.0. The van der Waals surface area contributed by atoms with Gasteiger partial charge in [-0.25, -0.2) is 9.13 Å². The van der Waals surface area contributed by atoms with Crippen LogP contribution in [0.25, 0.3) is 0 Å². The summed E-state index contributed by atoms with van der Waals surface area (Å²) < 4.78 is 68.6. The first kappa shape index (κ1) is 94.1. The second-order valence-electron chi connectivity index (χ2n) is 28.2. The lowest BCUT2D eigenvalue weighted by Crippen LogP contribution is -2.30. The Balaban J connectivity index is 5.23. The number of hydrogen-bond donors (Lipinski definition) is 3. The molecule has 0 aromatic carbocycles. The summed E-state index contributed by atoms with van der Waals surface area (Å²) in [6.07, 6.45) is 59.6. The Labute approximate surface area is 588 Å². The van der Waals surface area contributed by atoms with Gasteiger partial charge in [0.05, 0.1) is 26.4 Å². The molecule has 0 aromatic heterocycles. The van der Waals surface area contributed by atoms with Gasteiger partial charge in [0.25, 0.3) is 0 Å². The number of unbranched alkanes of at least 4 members (excludes halogenated alkanes) is 49. The average molecular weight is 1410 g/mol. The van der Waals surface area contributed by atoms with Gasteiger partial charge < -0.3 is 33.8 Å². The van der Waals surface area contributed by atoms with Crippen molar-refractivity contribution in [2.75, 3.05) is 39.6 Å². The predicted octanol–water partition coefficient (Wildman–Crippen LogP) is 22.9. The Hall–Kier alpha value is -1.94. The Morgan fingerprint density at radius 2 is 0.479 bits per heavy atom.